The molecule has 1 fully saturated rings. The Balaban J connectivity index is 2.50. The summed E-state index contributed by atoms with van der Waals surface area (Å²) in [5.74, 6) is 1.96. The predicted octanol–water partition coefficient (Wildman–Crippen LogP) is 3.15. The molecular weight excluding hydrogens is 158 g/mol. The molecule has 1 saturated heterocycles. The van der Waals surface area contributed by atoms with Crippen molar-refractivity contribution in [2.75, 3.05) is 13.6 Å². The van der Waals surface area contributed by atoms with Crippen molar-refractivity contribution in [3.05, 3.63) is 0 Å². The van der Waals surface area contributed by atoms with E-state index in [4.69, 9.17) is 0 Å². The van der Waals surface area contributed by atoms with Gasteiger partial charge in [0, 0.05) is 12.6 Å². The topological polar surface area (TPSA) is 3.24 Å². The van der Waals surface area contributed by atoms with Crippen LogP contribution in [-0.2, 0) is 0 Å². The van der Waals surface area contributed by atoms with Crippen LogP contribution in [0.1, 0.15) is 46.5 Å². The molecule has 1 nitrogen and oxygen atoms in total. The lowest BCUT2D eigenvalue weighted by molar-refractivity contribution is 0.0855. The van der Waals surface area contributed by atoms with E-state index >= 15 is 0 Å². The van der Waals surface area contributed by atoms with Gasteiger partial charge >= 0.3 is 0 Å². The molecule has 0 bridgehead atoms. The van der Waals surface area contributed by atoms with Gasteiger partial charge in [-0.15, -0.1) is 0 Å². The second-order valence-electron chi connectivity index (χ2n) is 4.74. The third-order valence-electron chi connectivity index (χ3n) is 3.77. The molecule has 1 aliphatic heterocycles. The van der Waals surface area contributed by atoms with Crippen molar-refractivity contribution < 1.29 is 0 Å². The summed E-state index contributed by atoms with van der Waals surface area (Å²) in [5, 5.41) is 0. The first-order valence-electron chi connectivity index (χ1n) is 5.89. The fourth-order valence-corrected chi connectivity index (χ4v) is 2.71. The van der Waals surface area contributed by atoms with Gasteiger partial charge in [-0.2, -0.15) is 0 Å². The molecule has 0 aromatic heterocycles. The zero-order chi connectivity index (χ0) is 9.84. The highest BCUT2D eigenvalue weighted by molar-refractivity contribution is 4.82. The molecule has 0 aliphatic carbocycles. The van der Waals surface area contributed by atoms with Crippen LogP contribution in [0.25, 0.3) is 0 Å². The quantitative estimate of drug-likeness (QED) is 0.649. The highest BCUT2D eigenvalue weighted by atomic mass is 15.1. The highest BCUT2D eigenvalue weighted by Crippen LogP contribution is 2.31. The number of nitrogens with zero attached hydrogens (tertiary/aromatic N) is 1. The van der Waals surface area contributed by atoms with Crippen molar-refractivity contribution >= 4 is 0 Å². The Morgan fingerprint density at radius 1 is 1.23 bits per heavy atom. The van der Waals surface area contributed by atoms with Crippen LogP contribution < -0.4 is 0 Å². The summed E-state index contributed by atoms with van der Waals surface area (Å²) >= 11 is 0. The fourth-order valence-electron chi connectivity index (χ4n) is 2.71. The molecule has 0 radical (unpaired) electrons. The second-order valence-corrected chi connectivity index (χ2v) is 4.74. The zero-order valence-corrected chi connectivity index (χ0v) is 9.71. The largest absolute Gasteiger partial charge is 0.303 e. The van der Waals surface area contributed by atoms with Gasteiger partial charge in [0.15, 0.2) is 0 Å². The Bertz CT molecular complexity index is 144. The van der Waals surface area contributed by atoms with E-state index in [-0.39, 0.29) is 0 Å². The number of rotatable bonds is 3. The van der Waals surface area contributed by atoms with Gasteiger partial charge in [-0.1, -0.05) is 26.7 Å². The molecule has 0 spiro atoms. The van der Waals surface area contributed by atoms with E-state index in [1.807, 2.05) is 0 Å². The van der Waals surface area contributed by atoms with E-state index in [1.54, 1.807) is 0 Å². The number of hydrogen-bond donors (Lipinski definition) is 0. The molecule has 1 aliphatic rings. The molecule has 78 valence electrons. The summed E-state index contributed by atoms with van der Waals surface area (Å²) in [6.45, 7) is 8.36. The van der Waals surface area contributed by atoms with Crippen LogP contribution in [0.3, 0.4) is 0 Å². The third-order valence-corrected chi connectivity index (χ3v) is 3.77. The SMILES string of the molecule is CCCC1CN(C)C(C)CC1CC. The Hall–Kier alpha value is -0.0400. The Labute approximate surface area is 83.5 Å². The fraction of sp³-hybridized carbons (Fsp3) is 1.00. The molecule has 1 rings (SSSR count). The number of likely N-dealkylation sites (tertiary alicyclic amines) is 1. The van der Waals surface area contributed by atoms with Crippen molar-refractivity contribution in [2.45, 2.75) is 52.5 Å². The molecule has 0 saturated carbocycles. The van der Waals surface area contributed by atoms with E-state index in [2.05, 4.69) is 32.7 Å². The first-order valence-corrected chi connectivity index (χ1v) is 5.89. The second kappa shape index (κ2) is 4.99. The maximum absolute atomic E-state index is 2.53. The van der Waals surface area contributed by atoms with Crippen LogP contribution in [0.15, 0.2) is 0 Å². The Morgan fingerprint density at radius 2 is 1.92 bits per heavy atom. The van der Waals surface area contributed by atoms with Crippen LogP contribution in [0.5, 0.6) is 0 Å². The molecule has 0 aromatic carbocycles. The minimum Gasteiger partial charge on any atom is -0.303 e. The molecule has 0 N–H and O–H groups in total. The minimum absolute atomic E-state index is 0.804. The van der Waals surface area contributed by atoms with Gasteiger partial charge < -0.3 is 4.90 Å². The molecule has 1 heterocycles. The first kappa shape index (κ1) is 11.0. The smallest absolute Gasteiger partial charge is 0.00667 e. The zero-order valence-electron chi connectivity index (χ0n) is 9.71. The van der Waals surface area contributed by atoms with Gasteiger partial charge in [0.2, 0.25) is 0 Å². The monoisotopic (exact) mass is 183 g/mol. The van der Waals surface area contributed by atoms with Crippen LogP contribution in [0.2, 0.25) is 0 Å². The highest BCUT2D eigenvalue weighted by Gasteiger charge is 2.29. The van der Waals surface area contributed by atoms with Crippen LogP contribution in [-0.4, -0.2) is 24.5 Å². The predicted molar refractivity (Wildman–Crippen MR) is 58.9 cm³/mol. The van der Waals surface area contributed by atoms with Crippen LogP contribution >= 0.6 is 0 Å². The summed E-state index contributed by atoms with van der Waals surface area (Å²) in [6, 6.07) is 0.804. The first-order chi connectivity index (χ1) is 6.19. The maximum atomic E-state index is 2.53. The van der Waals surface area contributed by atoms with Gasteiger partial charge in [0.1, 0.15) is 0 Å². The molecule has 0 amide bonds. The van der Waals surface area contributed by atoms with Crippen LogP contribution in [0.4, 0.5) is 0 Å². The third kappa shape index (κ3) is 2.70. The van der Waals surface area contributed by atoms with Gasteiger partial charge in [0.05, 0.1) is 0 Å². The molecule has 3 unspecified atom stereocenters. The molecule has 13 heavy (non-hydrogen) atoms. The lowest BCUT2D eigenvalue weighted by Gasteiger charge is -2.41. The minimum atomic E-state index is 0.804. The number of hydrogen-bond acceptors (Lipinski definition) is 1. The van der Waals surface area contributed by atoms with Gasteiger partial charge in [-0.3, -0.25) is 0 Å². The summed E-state index contributed by atoms with van der Waals surface area (Å²) in [4.78, 5) is 2.53. The molecular formula is C12H25N. The van der Waals surface area contributed by atoms with E-state index in [0.29, 0.717) is 0 Å². The average molecular weight is 183 g/mol. The standard InChI is InChI=1S/C12H25N/c1-5-7-12-9-13(4)10(3)8-11(12)6-2/h10-12H,5-9H2,1-4H3. The lowest BCUT2D eigenvalue weighted by atomic mass is 9.78. The maximum Gasteiger partial charge on any atom is 0.00667 e. The van der Waals surface area contributed by atoms with E-state index in [1.165, 1.54) is 32.2 Å². The van der Waals surface area contributed by atoms with Gasteiger partial charge in [-0.25, -0.2) is 0 Å². The van der Waals surface area contributed by atoms with E-state index in [0.717, 1.165) is 17.9 Å². The van der Waals surface area contributed by atoms with Crippen molar-refractivity contribution in [3.8, 4) is 0 Å². The van der Waals surface area contributed by atoms with Gasteiger partial charge in [-0.05, 0) is 38.6 Å². The van der Waals surface area contributed by atoms with E-state index < -0.39 is 0 Å². The summed E-state index contributed by atoms with van der Waals surface area (Å²) in [5.41, 5.74) is 0. The van der Waals surface area contributed by atoms with Crippen molar-refractivity contribution in [3.63, 3.8) is 0 Å². The van der Waals surface area contributed by atoms with Crippen molar-refractivity contribution in [2.24, 2.45) is 11.8 Å². The Kier molecular flexibility index (Phi) is 4.24. The summed E-state index contributed by atoms with van der Waals surface area (Å²) < 4.78 is 0. The Morgan fingerprint density at radius 3 is 2.46 bits per heavy atom. The summed E-state index contributed by atoms with van der Waals surface area (Å²) in [6.07, 6.45) is 5.57. The normalized spacial score (nSPS) is 36.5. The molecule has 0 aromatic rings. The average Bonchev–Trinajstić information content (AvgIpc) is 2.11. The van der Waals surface area contributed by atoms with Crippen molar-refractivity contribution in [1.29, 1.82) is 0 Å². The van der Waals surface area contributed by atoms with Crippen molar-refractivity contribution in [1.82, 2.24) is 4.90 Å². The van der Waals surface area contributed by atoms with E-state index in [9.17, 15) is 0 Å². The van der Waals surface area contributed by atoms with Crippen LogP contribution in [0, 0.1) is 11.8 Å². The lowest BCUT2D eigenvalue weighted by Crippen LogP contribution is -2.43. The molecule has 3 atom stereocenters. The summed E-state index contributed by atoms with van der Waals surface area (Å²) in [7, 11) is 2.28. The van der Waals surface area contributed by atoms with Gasteiger partial charge in [0.25, 0.3) is 0 Å². The number of piperidine rings is 1. The molecule has 1 heteroatoms.